The Morgan fingerprint density at radius 2 is 1.93 bits per heavy atom. The lowest BCUT2D eigenvalue weighted by Crippen LogP contribution is -2.16. The minimum Gasteiger partial charge on any atom is -0.326 e. The van der Waals surface area contributed by atoms with Gasteiger partial charge in [0, 0.05) is 18.5 Å². The van der Waals surface area contributed by atoms with Gasteiger partial charge >= 0.3 is 0 Å². The molecule has 0 radical (unpaired) electrons. The molecule has 4 aromatic rings. The molecule has 4 rings (SSSR count). The van der Waals surface area contributed by atoms with E-state index in [1.54, 1.807) is 41.3 Å². The Balaban J connectivity index is 1.39. The van der Waals surface area contributed by atoms with Gasteiger partial charge < -0.3 is 10.3 Å². The molecule has 2 aromatic carbocycles. The molecule has 2 heterocycles. The van der Waals surface area contributed by atoms with Crippen molar-refractivity contribution >= 4 is 22.5 Å². The maximum atomic E-state index is 12.2. The van der Waals surface area contributed by atoms with Gasteiger partial charge in [-0.1, -0.05) is 12.1 Å². The van der Waals surface area contributed by atoms with Crippen LogP contribution < -0.4 is 10.9 Å². The van der Waals surface area contributed by atoms with E-state index in [4.69, 9.17) is 0 Å². The SMILES string of the molecule is O=C(CCc1nc2ccccc2c(=O)[nH]1)Nc1ccc(-n2cncn2)cc1. The maximum Gasteiger partial charge on any atom is 0.258 e. The predicted molar refractivity (Wildman–Crippen MR) is 101 cm³/mol. The van der Waals surface area contributed by atoms with Crippen LogP contribution in [0, 0.1) is 0 Å². The zero-order valence-electron chi connectivity index (χ0n) is 14.3. The highest BCUT2D eigenvalue weighted by Crippen LogP contribution is 2.13. The third-order valence-corrected chi connectivity index (χ3v) is 4.09. The topological polar surface area (TPSA) is 106 Å². The lowest BCUT2D eigenvalue weighted by molar-refractivity contribution is -0.116. The van der Waals surface area contributed by atoms with E-state index in [-0.39, 0.29) is 17.9 Å². The smallest absolute Gasteiger partial charge is 0.258 e. The summed E-state index contributed by atoms with van der Waals surface area (Å²) in [5, 5.41) is 7.42. The van der Waals surface area contributed by atoms with Crippen LogP contribution in [0.2, 0.25) is 0 Å². The molecule has 134 valence electrons. The van der Waals surface area contributed by atoms with Crippen LogP contribution in [0.4, 0.5) is 5.69 Å². The summed E-state index contributed by atoms with van der Waals surface area (Å²) in [6, 6.07) is 14.4. The molecule has 2 N–H and O–H groups in total. The third-order valence-electron chi connectivity index (χ3n) is 4.09. The average Bonchev–Trinajstić information content (AvgIpc) is 3.22. The van der Waals surface area contributed by atoms with Crippen molar-refractivity contribution in [2.75, 3.05) is 5.32 Å². The summed E-state index contributed by atoms with van der Waals surface area (Å²) in [7, 11) is 0. The minimum atomic E-state index is -0.195. The summed E-state index contributed by atoms with van der Waals surface area (Å²) in [6.07, 6.45) is 3.63. The van der Waals surface area contributed by atoms with Crippen molar-refractivity contribution < 1.29 is 4.79 Å². The normalized spacial score (nSPS) is 10.8. The number of hydrogen-bond donors (Lipinski definition) is 2. The van der Waals surface area contributed by atoms with E-state index in [9.17, 15) is 9.59 Å². The Bertz CT molecular complexity index is 1130. The van der Waals surface area contributed by atoms with Crippen LogP contribution in [-0.4, -0.2) is 30.6 Å². The van der Waals surface area contributed by atoms with E-state index in [2.05, 4.69) is 25.4 Å². The molecule has 0 saturated heterocycles. The van der Waals surface area contributed by atoms with E-state index in [0.717, 1.165) is 5.69 Å². The summed E-state index contributed by atoms with van der Waals surface area (Å²) in [5.41, 5.74) is 1.97. The molecule has 8 nitrogen and oxygen atoms in total. The molecule has 0 fully saturated rings. The summed E-state index contributed by atoms with van der Waals surface area (Å²) in [5.74, 6) is 0.342. The molecule has 27 heavy (non-hydrogen) atoms. The molecule has 0 atom stereocenters. The second kappa shape index (κ2) is 7.20. The van der Waals surface area contributed by atoms with Gasteiger partial charge in [0.05, 0.1) is 16.6 Å². The molecule has 2 aromatic heterocycles. The second-order valence-corrected chi connectivity index (χ2v) is 5.96. The molecule has 0 aliphatic rings. The number of anilines is 1. The summed E-state index contributed by atoms with van der Waals surface area (Å²) >= 11 is 0. The first-order valence-corrected chi connectivity index (χ1v) is 8.42. The Morgan fingerprint density at radius 1 is 1.11 bits per heavy atom. The number of H-pyrrole nitrogens is 1. The van der Waals surface area contributed by atoms with Crippen LogP contribution in [0.5, 0.6) is 0 Å². The highest BCUT2D eigenvalue weighted by atomic mass is 16.1. The van der Waals surface area contributed by atoms with Crippen LogP contribution >= 0.6 is 0 Å². The van der Waals surface area contributed by atoms with Gasteiger partial charge in [0.1, 0.15) is 18.5 Å². The Labute approximate surface area is 153 Å². The first-order valence-electron chi connectivity index (χ1n) is 8.42. The van der Waals surface area contributed by atoms with Crippen LogP contribution in [0.15, 0.2) is 66.0 Å². The average molecular weight is 360 g/mol. The molecule has 0 aliphatic carbocycles. The van der Waals surface area contributed by atoms with Crippen LogP contribution in [0.25, 0.3) is 16.6 Å². The van der Waals surface area contributed by atoms with Gasteiger partial charge in [-0.3, -0.25) is 9.59 Å². The molecular weight excluding hydrogens is 344 g/mol. The molecule has 0 spiro atoms. The number of nitrogens with one attached hydrogen (secondary N) is 2. The van der Waals surface area contributed by atoms with Crippen molar-refractivity contribution in [1.29, 1.82) is 0 Å². The minimum absolute atomic E-state index is 0.153. The lowest BCUT2D eigenvalue weighted by atomic mass is 10.2. The summed E-state index contributed by atoms with van der Waals surface area (Å²) in [6.45, 7) is 0. The molecule has 0 unspecified atom stereocenters. The van der Waals surface area contributed by atoms with E-state index < -0.39 is 0 Å². The Hall–Kier alpha value is -3.81. The fourth-order valence-corrected chi connectivity index (χ4v) is 2.75. The van der Waals surface area contributed by atoms with Gasteiger partial charge in [-0.2, -0.15) is 5.10 Å². The van der Waals surface area contributed by atoms with Gasteiger partial charge in [0.25, 0.3) is 5.56 Å². The van der Waals surface area contributed by atoms with E-state index in [0.29, 0.717) is 28.8 Å². The summed E-state index contributed by atoms with van der Waals surface area (Å²) in [4.78, 5) is 35.3. The number of rotatable bonds is 5. The fourth-order valence-electron chi connectivity index (χ4n) is 2.75. The number of aromatic nitrogens is 5. The molecule has 0 saturated carbocycles. The van der Waals surface area contributed by atoms with Gasteiger partial charge in [-0.25, -0.2) is 14.6 Å². The quantitative estimate of drug-likeness (QED) is 0.567. The predicted octanol–water partition coefficient (Wildman–Crippen LogP) is 2.08. The highest BCUT2D eigenvalue weighted by molar-refractivity contribution is 5.90. The zero-order chi connectivity index (χ0) is 18.6. The number of fused-ring (bicyclic) bond motifs is 1. The van der Waals surface area contributed by atoms with Crippen molar-refractivity contribution in [2.24, 2.45) is 0 Å². The van der Waals surface area contributed by atoms with E-state index in [1.165, 1.54) is 6.33 Å². The zero-order valence-corrected chi connectivity index (χ0v) is 14.3. The molecule has 1 amide bonds. The fraction of sp³-hybridized carbons (Fsp3) is 0.105. The second-order valence-electron chi connectivity index (χ2n) is 5.96. The molecule has 0 bridgehead atoms. The number of aromatic amines is 1. The van der Waals surface area contributed by atoms with Crippen LogP contribution in [0.3, 0.4) is 0 Å². The number of para-hydroxylation sites is 1. The van der Waals surface area contributed by atoms with Crippen LogP contribution in [-0.2, 0) is 11.2 Å². The number of amides is 1. The number of aryl methyl sites for hydroxylation is 1. The number of benzene rings is 2. The third kappa shape index (κ3) is 3.74. The van der Waals surface area contributed by atoms with Crippen molar-refractivity contribution in [2.45, 2.75) is 12.8 Å². The standard InChI is InChI=1S/C19H16N6O2/c26-18(22-13-5-7-14(8-6-13)25-12-20-11-21-25)10-9-17-23-16-4-2-1-3-15(16)19(27)24-17/h1-8,11-12H,9-10H2,(H,22,26)(H,23,24,27). The van der Waals surface area contributed by atoms with Crippen LogP contribution in [0.1, 0.15) is 12.2 Å². The lowest BCUT2D eigenvalue weighted by Gasteiger charge is -2.07. The number of hydrogen-bond acceptors (Lipinski definition) is 5. The number of nitrogens with zero attached hydrogens (tertiary/aromatic N) is 4. The van der Waals surface area contributed by atoms with Crippen molar-refractivity contribution in [1.82, 2.24) is 24.7 Å². The number of carbonyl (C=O) groups is 1. The van der Waals surface area contributed by atoms with E-state index >= 15 is 0 Å². The number of carbonyl (C=O) groups excluding carboxylic acids is 1. The van der Waals surface area contributed by atoms with Gasteiger partial charge in [0.2, 0.25) is 5.91 Å². The van der Waals surface area contributed by atoms with Crippen molar-refractivity contribution in [3.8, 4) is 5.69 Å². The van der Waals surface area contributed by atoms with Gasteiger partial charge in [-0.05, 0) is 36.4 Å². The molecule has 8 heteroatoms. The first kappa shape index (κ1) is 16.6. The van der Waals surface area contributed by atoms with Crippen molar-refractivity contribution in [3.63, 3.8) is 0 Å². The monoisotopic (exact) mass is 360 g/mol. The molecule has 0 aliphatic heterocycles. The highest BCUT2D eigenvalue weighted by Gasteiger charge is 2.07. The Kier molecular flexibility index (Phi) is 4.44. The Morgan fingerprint density at radius 3 is 2.70 bits per heavy atom. The molecular formula is C19H16N6O2. The first-order chi connectivity index (χ1) is 13.2. The van der Waals surface area contributed by atoms with Gasteiger partial charge in [-0.15, -0.1) is 0 Å². The van der Waals surface area contributed by atoms with Gasteiger partial charge in [0.15, 0.2) is 0 Å². The summed E-state index contributed by atoms with van der Waals surface area (Å²) < 4.78 is 1.63. The van der Waals surface area contributed by atoms with E-state index in [1.807, 2.05) is 18.2 Å². The van der Waals surface area contributed by atoms with Crippen molar-refractivity contribution in [3.05, 3.63) is 77.4 Å². The maximum absolute atomic E-state index is 12.2. The largest absolute Gasteiger partial charge is 0.326 e.